The van der Waals surface area contributed by atoms with E-state index in [9.17, 15) is 4.79 Å². The Kier molecular flexibility index (Phi) is 3.83. The summed E-state index contributed by atoms with van der Waals surface area (Å²) in [4.78, 5) is 10.2. The number of hydrogen-bond acceptors (Lipinski definition) is 3. The smallest absolute Gasteiger partial charge is 0.243 e. The summed E-state index contributed by atoms with van der Waals surface area (Å²) >= 11 is 1.44. The molecule has 0 aromatic rings. The monoisotopic (exact) mass is 120 g/mol. The van der Waals surface area contributed by atoms with Crippen LogP contribution in [0, 0.1) is 0 Å². The maximum Gasteiger partial charge on any atom is 0.243 e. The van der Waals surface area contributed by atoms with E-state index in [0.717, 1.165) is 0 Å². The number of thioether (sulfide) groups is 1. The number of nitrogens with one attached hydrogen (secondary N) is 1. The lowest BCUT2D eigenvalue weighted by Gasteiger charge is -1.91. The van der Waals surface area contributed by atoms with Crippen molar-refractivity contribution in [2.45, 2.75) is 0 Å². The molecule has 0 bridgehead atoms. The standard InChI is InChI=1S/C3H8N2OS/c1-7-2-3(6)5-4/h2,4H2,1H3,(H,5,6). The molecule has 0 saturated heterocycles. The van der Waals surface area contributed by atoms with E-state index in [1.807, 2.05) is 11.7 Å². The van der Waals surface area contributed by atoms with Gasteiger partial charge in [0.1, 0.15) is 0 Å². The van der Waals surface area contributed by atoms with E-state index in [1.165, 1.54) is 11.8 Å². The van der Waals surface area contributed by atoms with Gasteiger partial charge in [-0.1, -0.05) is 0 Å². The van der Waals surface area contributed by atoms with Gasteiger partial charge in [-0.15, -0.1) is 0 Å². The van der Waals surface area contributed by atoms with Crippen LogP contribution in [0.4, 0.5) is 0 Å². The molecule has 0 fully saturated rings. The summed E-state index contributed by atoms with van der Waals surface area (Å²) in [6.07, 6.45) is 1.84. The molecular formula is C3H8N2OS. The molecule has 0 rings (SSSR count). The molecule has 0 aliphatic heterocycles. The third-order valence-electron chi connectivity index (χ3n) is 0.436. The first-order chi connectivity index (χ1) is 3.31. The molecule has 0 aromatic carbocycles. The van der Waals surface area contributed by atoms with E-state index in [1.54, 1.807) is 0 Å². The minimum Gasteiger partial charge on any atom is -0.294 e. The number of hydrazine groups is 1. The Morgan fingerprint density at radius 3 is 2.71 bits per heavy atom. The summed E-state index contributed by atoms with van der Waals surface area (Å²) in [5.74, 6) is 5.05. The second-order valence-electron chi connectivity index (χ2n) is 1.00. The van der Waals surface area contributed by atoms with Crippen LogP contribution in [0.25, 0.3) is 0 Å². The van der Waals surface area contributed by atoms with Crippen molar-refractivity contribution in [1.82, 2.24) is 5.43 Å². The zero-order valence-corrected chi connectivity index (χ0v) is 4.92. The number of rotatable bonds is 2. The van der Waals surface area contributed by atoms with Crippen molar-refractivity contribution < 1.29 is 4.79 Å². The topological polar surface area (TPSA) is 55.1 Å². The third kappa shape index (κ3) is 3.61. The lowest BCUT2D eigenvalue weighted by Crippen LogP contribution is -2.31. The highest BCUT2D eigenvalue weighted by atomic mass is 32.2. The third-order valence-corrected chi connectivity index (χ3v) is 0.987. The van der Waals surface area contributed by atoms with Gasteiger partial charge in [0.2, 0.25) is 5.91 Å². The molecule has 0 atom stereocenters. The predicted octanol–water partition coefficient (Wildman–Crippen LogP) is -0.661. The van der Waals surface area contributed by atoms with E-state index >= 15 is 0 Å². The van der Waals surface area contributed by atoms with Crippen molar-refractivity contribution in [3.63, 3.8) is 0 Å². The van der Waals surface area contributed by atoms with Crippen molar-refractivity contribution in [1.29, 1.82) is 0 Å². The van der Waals surface area contributed by atoms with Crippen LogP contribution in [0.3, 0.4) is 0 Å². The summed E-state index contributed by atoms with van der Waals surface area (Å²) in [6.45, 7) is 0. The Balaban J connectivity index is 3.00. The van der Waals surface area contributed by atoms with Crippen LogP contribution in [-0.2, 0) is 4.79 Å². The molecule has 0 heterocycles. The Labute approximate surface area is 46.6 Å². The lowest BCUT2D eigenvalue weighted by atomic mass is 10.8. The quantitative estimate of drug-likeness (QED) is 0.289. The molecule has 0 spiro atoms. The van der Waals surface area contributed by atoms with Crippen LogP contribution in [0.1, 0.15) is 0 Å². The fourth-order valence-corrected chi connectivity index (χ4v) is 0.518. The molecule has 3 nitrogen and oxygen atoms in total. The van der Waals surface area contributed by atoms with Crippen LogP contribution in [0.5, 0.6) is 0 Å². The molecule has 7 heavy (non-hydrogen) atoms. The van der Waals surface area contributed by atoms with Gasteiger partial charge in [-0.05, 0) is 6.26 Å². The summed E-state index contributed by atoms with van der Waals surface area (Å²) in [7, 11) is 0. The van der Waals surface area contributed by atoms with Gasteiger partial charge in [0.15, 0.2) is 0 Å². The molecule has 4 heteroatoms. The number of hydrogen-bond donors (Lipinski definition) is 2. The van der Waals surface area contributed by atoms with Gasteiger partial charge < -0.3 is 0 Å². The first kappa shape index (κ1) is 6.78. The Morgan fingerprint density at radius 2 is 2.57 bits per heavy atom. The summed E-state index contributed by atoms with van der Waals surface area (Å²) in [5, 5.41) is 0. The van der Waals surface area contributed by atoms with Gasteiger partial charge in [0.05, 0.1) is 5.75 Å². The Bertz CT molecular complexity index is 66.0. The van der Waals surface area contributed by atoms with Crippen LogP contribution >= 0.6 is 11.8 Å². The molecule has 1 amide bonds. The molecule has 0 aliphatic rings. The molecule has 0 saturated carbocycles. The zero-order valence-electron chi connectivity index (χ0n) is 4.10. The highest BCUT2D eigenvalue weighted by Gasteiger charge is 1.90. The maximum absolute atomic E-state index is 10.2. The Morgan fingerprint density at radius 1 is 2.00 bits per heavy atom. The fraction of sp³-hybridized carbons (Fsp3) is 0.667. The first-order valence-corrected chi connectivity index (χ1v) is 3.19. The van der Waals surface area contributed by atoms with Crippen molar-refractivity contribution in [2.75, 3.05) is 12.0 Å². The summed E-state index contributed by atoms with van der Waals surface area (Å²) in [5.41, 5.74) is 2.01. The molecule has 42 valence electrons. The van der Waals surface area contributed by atoms with E-state index < -0.39 is 0 Å². The van der Waals surface area contributed by atoms with Crippen LogP contribution in [-0.4, -0.2) is 17.9 Å². The lowest BCUT2D eigenvalue weighted by molar-refractivity contribution is -0.118. The van der Waals surface area contributed by atoms with Gasteiger partial charge in [0, 0.05) is 0 Å². The van der Waals surface area contributed by atoms with Gasteiger partial charge in [-0.2, -0.15) is 11.8 Å². The summed E-state index contributed by atoms with van der Waals surface area (Å²) < 4.78 is 0. The fourth-order valence-electron chi connectivity index (χ4n) is 0.173. The molecule has 0 radical (unpaired) electrons. The van der Waals surface area contributed by atoms with Gasteiger partial charge in [-0.25, -0.2) is 5.84 Å². The normalized spacial score (nSPS) is 8.29. The molecular weight excluding hydrogens is 112 g/mol. The van der Waals surface area contributed by atoms with Crippen LogP contribution < -0.4 is 11.3 Å². The van der Waals surface area contributed by atoms with Crippen molar-refractivity contribution in [3.8, 4) is 0 Å². The van der Waals surface area contributed by atoms with Crippen molar-refractivity contribution in [3.05, 3.63) is 0 Å². The maximum atomic E-state index is 10.2. The number of carbonyl (C=O) groups is 1. The number of nitrogens with two attached hydrogens (primary N) is 1. The molecule has 0 unspecified atom stereocenters. The second kappa shape index (κ2) is 3.95. The average molecular weight is 120 g/mol. The van der Waals surface area contributed by atoms with Crippen molar-refractivity contribution in [2.24, 2.45) is 5.84 Å². The highest BCUT2D eigenvalue weighted by Crippen LogP contribution is 1.86. The Hall–Kier alpha value is -0.220. The van der Waals surface area contributed by atoms with E-state index in [4.69, 9.17) is 5.84 Å². The minimum atomic E-state index is -0.132. The van der Waals surface area contributed by atoms with Crippen molar-refractivity contribution >= 4 is 17.7 Å². The van der Waals surface area contributed by atoms with Gasteiger partial charge in [-0.3, -0.25) is 10.2 Å². The largest absolute Gasteiger partial charge is 0.294 e. The summed E-state index contributed by atoms with van der Waals surface area (Å²) in [6, 6.07) is 0. The SMILES string of the molecule is CSCC(=O)NN. The average Bonchev–Trinajstić information content (AvgIpc) is 1.68. The minimum absolute atomic E-state index is 0.132. The highest BCUT2D eigenvalue weighted by molar-refractivity contribution is 7.99. The van der Waals surface area contributed by atoms with E-state index in [2.05, 4.69) is 0 Å². The van der Waals surface area contributed by atoms with E-state index in [0.29, 0.717) is 5.75 Å². The predicted molar refractivity (Wildman–Crippen MR) is 30.7 cm³/mol. The first-order valence-electron chi connectivity index (χ1n) is 1.79. The zero-order chi connectivity index (χ0) is 5.70. The number of carbonyl (C=O) groups excluding carboxylic acids is 1. The molecule has 0 aliphatic carbocycles. The van der Waals surface area contributed by atoms with E-state index in [-0.39, 0.29) is 5.91 Å². The van der Waals surface area contributed by atoms with Gasteiger partial charge >= 0.3 is 0 Å². The van der Waals surface area contributed by atoms with Crippen LogP contribution in [0.2, 0.25) is 0 Å². The van der Waals surface area contributed by atoms with Gasteiger partial charge in [0.25, 0.3) is 0 Å². The molecule has 0 aromatic heterocycles. The second-order valence-corrected chi connectivity index (χ2v) is 1.87. The van der Waals surface area contributed by atoms with Crippen LogP contribution in [0.15, 0.2) is 0 Å². The number of amides is 1. The molecule has 3 N–H and O–H groups in total.